The van der Waals surface area contributed by atoms with Gasteiger partial charge in [-0.3, -0.25) is 4.79 Å². The van der Waals surface area contributed by atoms with Crippen molar-refractivity contribution in [3.63, 3.8) is 0 Å². The van der Waals surface area contributed by atoms with Gasteiger partial charge in [0.05, 0.1) is 6.61 Å². The summed E-state index contributed by atoms with van der Waals surface area (Å²) in [7, 11) is 0. The minimum Gasteiger partial charge on any atom is -0.508 e. The second-order valence-electron chi connectivity index (χ2n) is 5.19. The number of nitrogens with one attached hydrogen (secondary N) is 1. The summed E-state index contributed by atoms with van der Waals surface area (Å²) in [5, 5.41) is 20.9. The molecule has 7 nitrogen and oxygen atoms in total. The number of rotatable bonds is 5. The van der Waals surface area contributed by atoms with Crippen LogP contribution in [0.1, 0.15) is 12.0 Å². The van der Waals surface area contributed by atoms with E-state index in [1.807, 2.05) is 0 Å². The van der Waals surface area contributed by atoms with Crippen molar-refractivity contribution < 1.29 is 24.5 Å². The number of aromatic hydroxyl groups is 1. The highest BCUT2D eigenvalue weighted by atomic mass is 16.5. The average Bonchev–Trinajstić information content (AvgIpc) is 2.88. The Morgan fingerprint density at radius 1 is 1.38 bits per heavy atom. The predicted octanol–water partition coefficient (Wildman–Crippen LogP) is -0.378. The third-order valence-electron chi connectivity index (χ3n) is 3.48. The molecular weight excluding hydrogens is 276 g/mol. The van der Waals surface area contributed by atoms with Crippen molar-refractivity contribution in [2.45, 2.75) is 24.4 Å². The Labute approximate surface area is 121 Å². The summed E-state index contributed by atoms with van der Waals surface area (Å²) in [5.74, 6) is -1.57. The lowest BCUT2D eigenvalue weighted by atomic mass is 9.97. The van der Waals surface area contributed by atoms with E-state index in [4.69, 9.17) is 10.5 Å². The molecule has 21 heavy (non-hydrogen) atoms. The second kappa shape index (κ2) is 6.11. The van der Waals surface area contributed by atoms with E-state index in [1.165, 1.54) is 12.1 Å². The highest BCUT2D eigenvalue weighted by Crippen LogP contribution is 2.16. The number of carbonyl (C=O) groups is 2. The van der Waals surface area contributed by atoms with Crippen LogP contribution in [0.3, 0.4) is 0 Å². The van der Waals surface area contributed by atoms with Crippen LogP contribution in [-0.2, 0) is 20.7 Å². The zero-order valence-corrected chi connectivity index (χ0v) is 11.4. The summed E-state index contributed by atoms with van der Waals surface area (Å²) < 4.78 is 5.09. The van der Waals surface area contributed by atoms with Crippen molar-refractivity contribution >= 4 is 11.9 Å². The lowest BCUT2D eigenvalue weighted by molar-refractivity contribution is -0.142. The van der Waals surface area contributed by atoms with Gasteiger partial charge in [-0.1, -0.05) is 12.1 Å². The zero-order valence-electron chi connectivity index (χ0n) is 11.4. The van der Waals surface area contributed by atoms with E-state index in [2.05, 4.69) is 5.32 Å². The maximum Gasteiger partial charge on any atom is 0.326 e. The van der Waals surface area contributed by atoms with Crippen molar-refractivity contribution in [1.29, 1.82) is 0 Å². The first kappa shape index (κ1) is 15.3. The van der Waals surface area contributed by atoms with Crippen LogP contribution in [0, 0.1) is 0 Å². The fourth-order valence-corrected chi connectivity index (χ4v) is 2.13. The monoisotopic (exact) mass is 294 g/mol. The first-order valence-corrected chi connectivity index (χ1v) is 6.59. The van der Waals surface area contributed by atoms with Gasteiger partial charge in [-0.15, -0.1) is 0 Å². The number of phenols is 1. The van der Waals surface area contributed by atoms with E-state index in [1.54, 1.807) is 12.1 Å². The van der Waals surface area contributed by atoms with Crippen molar-refractivity contribution in [2.24, 2.45) is 5.73 Å². The van der Waals surface area contributed by atoms with Crippen LogP contribution in [0.5, 0.6) is 5.75 Å². The van der Waals surface area contributed by atoms with E-state index in [0.29, 0.717) is 18.6 Å². The van der Waals surface area contributed by atoms with E-state index in [9.17, 15) is 19.8 Å². The quantitative estimate of drug-likeness (QED) is 0.587. The van der Waals surface area contributed by atoms with Crippen LogP contribution in [0.2, 0.25) is 0 Å². The Bertz CT molecular complexity index is 523. The maximum atomic E-state index is 12.1. The summed E-state index contributed by atoms with van der Waals surface area (Å²) in [5.41, 5.74) is 5.43. The zero-order chi connectivity index (χ0) is 15.5. The van der Waals surface area contributed by atoms with Crippen LogP contribution < -0.4 is 11.1 Å². The van der Waals surface area contributed by atoms with Crippen LogP contribution >= 0.6 is 0 Å². The number of carbonyl (C=O) groups excluding carboxylic acids is 1. The van der Waals surface area contributed by atoms with Crippen molar-refractivity contribution in [3.8, 4) is 5.75 Å². The highest BCUT2D eigenvalue weighted by molar-refractivity contribution is 5.90. The van der Waals surface area contributed by atoms with Crippen molar-refractivity contribution in [3.05, 3.63) is 29.8 Å². The summed E-state index contributed by atoms with van der Waals surface area (Å²) in [6.07, 6.45) is 0.475. The Balaban J connectivity index is 2.04. The molecule has 5 N–H and O–H groups in total. The minimum atomic E-state index is -1.16. The largest absolute Gasteiger partial charge is 0.508 e. The molecule has 1 aliphatic heterocycles. The molecule has 1 amide bonds. The van der Waals surface area contributed by atoms with E-state index < -0.39 is 23.5 Å². The number of phenolic OH excluding ortho intramolecular Hbond substituents is 1. The molecule has 1 aliphatic rings. The fraction of sp³-hybridized carbons (Fsp3) is 0.429. The Morgan fingerprint density at radius 3 is 2.57 bits per heavy atom. The summed E-state index contributed by atoms with van der Waals surface area (Å²) >= 11 is 0. The molecule has 0 spiro atoms. The normalized spacial score (nSPS) is 22.7. The third kappa shape index (κ3) is 3.71. The van der Waals surface area contributed by atoms with Gasteiger partial charge in [0.25, 0.3) is 0 Å². The lowest BCUT2D eigenvalue weighted by Crippen LogP contribution is -2.58. The maximum absolute atomic E-state index is 12.1. The van der Waals surface area contributed by atoms with Crippen molar-refractivity contribution in [2.75, 3.05) is 13.2 Å². The molecular formula is C14H18N2O5. The summed E-state index contributed by atoms with van der Waals surface area (Å²) in [6.45, 7) is 0.476. The van der Waals surface area contributed by atoms with Gasteiger partial charge >= 0.3 is 5.97 Å². The Kier molecular flexibility index (Phi) is 4.44. The number of ether oxygens (including phenoxy) is 1. The molecule has 7 heteroatoms. The van der Waals surface area contributed by atoms with Gasteiger partial charge in [0.2, 0.25) is 5.91 Å². The number of carboxylic acids is 1. The summed E-state index contributed by atoms with van der Waals surface area (Å²) in [4.78, 5) is 23.4. The molecule has 2 atom stereocenters. The molecule has 2 unspecified atom stereocenters. The number of hydrogen-bond acceptors (Lipinski definition) is 5. The molecule has 114 valence electrons. The first-order chi connectivity index (χ1) is 9.90. The third-order valence-corrected chi connectivity index (χ3v) is 3.48. The SMILES string of the molecule is NC1(C(=O)NC(Cc2ccc(O)cc2)C(=O)O)CCOC1. The number of benzene rings is 1. The van der Waals surface area contributed by atoms with Crippen LogP contribution in [-0.4, -0.2) is 46.9 Å². The molecule has 1 heterocycles. The topological polar surface area (TPSA) is 122 Å². The van der Waals surface area contributed by atoms with Crippen LogP contribution in [0.4, 0.5) is 0 Å². The van der Waals surface area contributed by atoms with Gasteiger partial charge in [0.15, 0.2) is 0 Å². The molecule has 1 aromatic carbocycles. The Morgan fingerprint density at radius 2 is 2.05 bits per heavy atom. The number of hydrogen-bond donors (Lipinski definition) is 4. The van der Waals surface area contributed by atoms with Gasteiger partial charge < -0.3 is 26.0 Å². The summed E-state index contributed by atoms with van der Waals surface area (Å²) in [6, 6.07) is 5.06. The van der Waals surface area contributed by atoms with Gasteiger partial charge in [-0.2, -0.15) is 0 Å². The number of amides is 1. The molecule has 0 aliphatic carbocycles. The molecule has 2 rings (SSSR count). The lowest BCUT2D eigenvalue weighted by Gasteiger charge is -2.23. The average molecular weight is 294 g/mol. The van der Waals surface area contributed by atoms with Gasteiger partial charge in [-0.25, -0.2) is 4.79 Å². The molecule has 1 saturated heterocycles. The molecule has 0 aromatic heterocycles. The first-order valence-electron chi connectivity index (χ1n) is 6.59. The van der Waals surface area contributed by atoms with E-state index in [0.717, 1.165) is 0 Å². The highest BCUT2D eigenvalue weighted by Gasteiger charge is 2.39. The van der Waals surface area contributed by atoms with E-state index >= 15 is 0 Å². The molecule has 0 saturated carbocycles. The second-order valence-corrected chi connectivity index (χ2v) is 5.19. The fourth-order valence-electron chi connectivity index (χ4n) is 2.13. The van der Waals surface area contributed by atoms with Crippen molar-refractivity contribution in [1.82, 2.24) is 5.32 Å². The smallest absolute Gasteiger partial charge is 0.326 e. The molecule has 0 bridgehead atoms. The van der Waals surface area contributed by atoms with Crippen LogP contribution in [0.15, 0.2) is 24.3 Å². The molecule has 1 fully saturated rings. The standard InChI is InChI=1S/C14H18N2O5/c15-14(5-6-21-8-14)13(20)16-11(12(18)19)7-9-1-3-10(17)4-2-9/h1-4,11,17H,5-8,15H2,(H,16,20)(H,18,19). The van der Waals surface area contributed by atoms with Gasteiger partial charge in [0.1, 0.15) is 17.3 Å². The number of aliphatic carboxylic acids is 1. The van der Waals surface area contributed by atoms with Gasteiger partial charge in [-0.05, 0) is 24.1 Å². The van der Waals surface area contributed by atoms with Crippen LogP contribution in [0.25, 0.3) is 0 Å². The Hall–Kier alpha value is -2.12. The number of carboxylic acid groups (broad SMARTS) is 1. The number of nitrogens with two attached hydrogens (primary N) is 1. The molecule has 1 aromatic rings. The molecule has 0 radical (unpaired) electrons. The predicted molar refractivity (Wildman–Crippen MR) is 73.7 cm³/mol. The van der Waals surface area contributed by atoms with Gasteiger partial charge in [0, 0.05) is 13.0 Å². The van der Waals surface area contributed by atoms with E-state index in [-0.39, 0.29) is 18.8 Å². The minimum absolute atomic E-state index is 0.0877.